The van der Waals surface area contributed by atoms with Crippen LogP contribution in [-0.2, 0) is 20.7 Å². The highest BCUT2D eigenvalue weighted by atomic mass is 16.5. The van der Waals surface area contributed by atoms with E-state index in [4.69, 9.17) is 9.47 Å². The van der Waals surface area contributed by atoms with Gasteiger partial charge in [0.1, 0.15) is 5.75 Å². The fourth-order valence-corrected chi connectivity index (χ4v) is 2.59. The minimum atomic E-state index is -0.460. The van der Waals surface area contributed by atoms with Crippen LogP contribution in [-0.4, -0.2) is 25.1 Å². The zero-order valence-corrected chi connectivity index (χ0v) is 16.2. The van der Waals surface area contributed by atoms with Gasteiger partial charge in [0.15, 0.2) is 6.61 Å². The largest absolute Gasteiger partial charge is 0.493 e. The van der Waals surface area contributed by atoms with E-state index < -0.39 is 5.97 Å². The van der Waals surface area contributed by atoms with Crippen LogP contribution in [0.5, 0.6) is 5.75 Å². The SMILES string of the molecule is CCc1ccc(C(C)NC(=O)COC(=O)CCOc2ccccc2C)cc1. The molecule has 0 aromatic heterocycles. The van der Waals surface area contributed by atoms with Gasteiger partial charge in [-0.25, -0.2) is 0 Å². The first-order valence-electron chi connectivity index (χ1n) is 9.22. The minimum absolute atomic E-state index is 0.0929. The van der Waals surface area contributed by atoms with Crippen molar-refractivity contribution in [3.8, 4) is 5.75 Å². The number of hydrogen-bond donors (Lipinski definition) is 1. The van der Waals surface area contributed by atoms with Crippen molar-refractivity contribution in [2.24, 2.45) is 0 Å². The molecule has 2 aromatic rings. The Labute approximate surface area is 160 Å². The summed E-state index contributed by atoms with van der Waals surface area (Å²) in [4.78, 5) is 23.7. The number of esters is 1. The van der Waals surface area contributed by atoms with E-state index in [9.17, 15) is 9.59 Å². The van der Waals surface area contributed by atoms with E-state index in [1.165, 1.54) is 5.56 Å². The quantitative estimate of drug-likeness (QED) is 0.684. The number of carbonyl (C=O) groups excluding carboxylic acids is 2. The summed E-state index contributed by atoms with van der Waals surface area (Å²) >= 11 is 0. The molecular formula is C22H27NO4. The van der Waals surface area contributed by atoms with Gasteiger partial charge in [-0.15, -0.1) is 0 Å². The topological polar surface area (TPSA) is 64.6 Å². The second-order valence-electron chi connectivity index (χ2n) is 6.41. The van der Waals surface area contributed by atoms with Gasteiger partial charge in [-0.05, 0) is 43.0 Å². The number of rotatable bonds is 9. The summed E-state index contributed by atoms with van der Waals surface area (Å²) in [6.07, 6.45) is 1.07. The van der Waals surface area contributed by atoms with Crippen LogP contribution in [0.15, 0.2) is 48.5 Å². The molecule has 2 aromatic carbocycles. The Morgan fingerprint density at radius 3 is 2.44 bits per heavy atom. The highest BCUT2D eigenvalue weighted by Gasteiger charge is 2.12. The van der Waals surface area contributed by atoms with Gasteiger partial charge < -0.3 is 14.8 Å². The molecule has 0 saturated heterocycles. The fourth-order valence-electron chi connectivity index (χ4n) is 2.59. The summed E-state index contributed by atoms with van der Waals surface area (Å²) in [6.45, 7) is 5.86. The van der Waals surface area contributed by atoms with E-state index in [-0.39, 0.29) is 31.6 Å². The number of ether oxygens (including phenoxy) is 2. The number of amides is 1. The van der Waals surface area contributed by atoms with E-state index >= 15 is 0 Å². The lowest BCUT2D eigenvalue weighted by atomic mass is 10.1. The van der Waals surface area contributed by atoms with Crippen LogP contribution >= 0.6 is 0 Å². The third-order valence-corrected chi connectivity index (χ3v) is 4.29. The van der Waals surface area contributed by atoms with Crippen molar-refractivity contribution in [1.82, 2.24) is 5.32 Å². The fraction of sp³-hybridized carbons (Fsp3) is 0.364. The van der Waals surface area contributed by atoms with Crippen molar-refractivity contribution in [2.75, 3.05) is 13.2 Å². The van der Waals surface area contributed by atoms with E-state index in [2.05, 4.69) is 12.2 Å². The van der Waals surface area contributed by atoms with E-state index in [1.54, 1.807) is 0 Å². The Balaban J connectivity index is 1.68. The molecular weight excluding hydrogens is 342 g/mol. The first kappa shape index (κ1) is 20.5. The summed E-state index contributed by atoms with van der Waals surface area (Å²) < 4.78 is 10.6. The van der Waals surface area contributed by atoms with Crippen molar-refractivity contribution in [3.05, 3.63) is 65.2 Å². The van der Waals surface area contributed by atoms with Crippen molar-refractivity contribution < 1.29 is 19.1 Å². The molecule has 0 aliphatic carbocycles. The smallest absolute Gasteiger partial charge is 0.309 e. The predicted molar refractivity (Wildman–Crippen MR) is 105 cm³/mol. The molecule has 5 heteroatoms. The molecule has 0 spiro atoms. The summed E-state index contributed by atoms with van der Waals surface area (Å²) in [5.74, 6) is -0.0418. The second-order valence-corrected chi connectivity index (χ2v) is 6.41. The van der Waals surface area contributed by atoms with Crippen LogP contribution in [0.3, 0.4) is 0 Å². The maximum Gasteiger partial charge on any atom is 0.309 e. The molecule has 0 heterocycles. The van der Waals surface area contributed by atoms with Crippen molar-refractivity contribution in [1.29, 1.82) is 0 Å². The van der Waals surface area contributed by atoms with Crippen LogP contribution in [0, 0.1) is 6.92 Å². The van der Waals surface area contributed by atoms with Crippen LogP contribution in [0.1, 0.15) is 43.0 Å². The molecule has 5 nitrogen and oxygen atoms in total. The van der Waals surface area contributed by atoms with Gasteiger partial charge in [0.2, 0.25) is 0 Å². The van der Waals surface area contributed by atoms with Gasteiger partial charge in [0, 0.05) is 0 Å². The van der Waals surface area contributed by atoms with Crippen molar-refractivity contribution in [2.45, 2.75) is 39.7 Å². The van der Waals surface area contributed by atoms with Crippen LogP contribution in [0.4, 0.5) is 0 Å². The molecule has 2 rings (SSSR count). The van der Waals surface area contributed by atoms with E-state index in [0.29, 0.717) is 0 Å². The number of para-hydroxylation sites is 1. The highest BCUT2D eigenvalue weighted by molar-refractivity contribution is 5.80. The van der Waals surface area contributed by atoms with Gasteiger partial charge in [-0.2, -0.15) is 0 Å². The van der Waals surface area contributed by atoms with Crippen LogP contribution in [0.25, 0.3) is 0 Å². The van der Waals surface area contributed by atoms with Gasteiger partial charge in [0.25, 0.3) is 5.91 Å². The lowest BCUT2D eigenvalue weighted by Gasteiger charge is -2.15. The highest BCUT2D eigenvalue weighted by Crippen LogP contribution is 2.16. The van der Waals surface area contributed by atoms with Crippen molar-refractivity contribution >= 4 is 11.9 Å². The molecule has 1 atom stereocenters. The summed E-state index contributed by atoms with van der Waals surface area (Å²) in [5, 5.41) is 2.83. The van der Waals surface area contributed by atoms with Gasteiger partial charge >= 0.3 is 5.97 Å². The monoisotopic (exact) mass is 369 g/mol. The molecule has 1 amide bonds. The number of hydrogen-bond acceptors (Lipinski definition) is 4. The Bertz CT molecular complexity index is 755. The summed E-state index contributed by atoms with van der Waals surface area (Å²) in [5.41, 5.74) is 3.27. The molecule has 144 valence electrons. The van der Waals surface area contributed by atoms with Gasteiger partial charge in [0.05, 0.1) is 19.1 Å². The standard InChI is InChI=1S/C22H27NO4/c1-4-18-9-11-19(12-10-18)17(3)23-21(24)15-27-22(25)13-14-26-20-8-6-5-7-16(20)2/h5-12,17H,4,13-15H2,1-3H3,(H,23,24). The molecule has 0 aliphatic heterocycles. The average Bonchev–Trinajstić information content (AvgIpc) is 2.68. The number of aryl methyl sites for hydroxylation is 2. The van der Waals surface area contributed by atoms with Crippen molar-refractivity contribution in [3.63, 3.8) is 0 Å². The van der Waals surface area contributed by atoms with Crippen LogP contribution in [0.2, 0.25) is 0 Å². The van der Waals surface area contributed by atoms with Crippen LogP contribution < -0.4 is 10.1 Å². The Hall–Kier alpha value is -2.82. The molecule has 0 radical (unpaired) electrons. The lowest BCUT2D eigenvalue weighted by molar-refractivity contribution is -0.149. The maximum atomic E-state index is 12.0. The first-order valence-corrected chi connectivity index (χ1v) is 9.22. The number of benzene rings is 2. The molecule has 27 heavy (non-hydrogen) atoms. The normalized spacial score (nSPS) is 11.5. The van der Waals surface area contributed by atoms with E-state index in [0.717, 1.165) is 23.3 Å². The number of carbonyl (C=O) groups is 2. The predicted octanol–water partition coefficient (Wildman–Crippen LogP) is 3.75. The Kier molecular flexibility index (Phi) is 7.86. The molecule has 0 aliphatic rings. The molecule has 1 unspecified atom stereocenters. The molecule has 1 N–H and O–H groups in total. The van der Waals surface area contributed by atoms with Gasteiger partial charge in [-0.1, -0.05) is 49.4 Å². The number of nitrogens with one attached hydrogen (secondary N) is 1. The zero-order valence-electron chi connectivity index (χ0n) is 16.2. The molecule has 0 bridgehead atoms. The summed E-state index contributed by atoms with van der Waals surface area (Å²) in [6, 6.07) is 15.5. The molecule has 0 saturated carbocycles. The first-order chi connectivity index (χ1) is 13.0. The maximum absolute atomic E-state index is 12.0. The Morgan fingerprint density at radius 1 is 1.07 bits per heavy atom. The zero-order chi connectivity index (χ0) is 19.6. The third kappa shape index (κ3) is 6.77. The lowest BCUT2D eigenvalue weighted by Crippen LogP contribution is -2.31. The average molecular weight is 369 g/mol. The third-order valence-electron chi connectivity index (χ3n) is 4.29. The second kappa shape index (κ2) is 10.4. The Morgan fingerprint density at radius 2 is 1.78 bits per heavy atom. The summed E-state index contributed by atoms with van der Waals surface area (Å²) in [7, 11) is 0. The van der Waals surface area contributed by atoms with Gasteiger partial charge in [-0.3, -0.25) is 9.59 Å². The van der Waals surface area contributed by atoms with E-state index in [1.807, 2.05) is 62.4 Å². The molecule has 0 fully saturated rings. The minimum Gasteiger partial charge on any atom is -0.493 e.